The van der Waals surface area contributed by atoms with Gasteiger partial charge in [-0.05, 0) is 42.5 Å². The van der Waals surface area contributed by atoms with Crippen LogP contribution in [-0.4, -0.2) is 36.3 Å². The third-order valence-corrected chi connectivity index (χ3v) is 9.47. The minimum atomic E-state index is -3.46. The van der Waals surface area contributed by atoms with Gasteiger partial charge in [-0.1, -0.05) is 29.0 Å². The van der Waals surface area contributed by atoms with Crippen LogP contribution < -0.4 is 4.80 Å². The van der Waals surface area contributed by atoms with E-state index >= 15 is 0 Å². The van der Waals surface area contributed by atoms with Crippen LogP contribution >= 0.6 is 34.3 Å². The molecule has 0 aliphatic carbocycles. The number of aryl methyl sites for hydroxylation is 1. The summed E-state index contributed by atoms with van der Waals surface area (Å²) in [5.74, 6) is -0.454. The molecule has 0 atom stereocenters. The highest BCUT2D eigenvalue weighted by molar-refractivity contribution is 7.91. The molecule has 0 bridgehead atoms. The molecule has 0 radical (unpaired) electrons. The lowest BCUT2D eigenvalue weighted by Gasteiger charge is -2.29. The molecule has 1 saturated heterocycles. The van der Waals surface area contributed by atoms with Gasteiger partial charge >= 0.3 is 0 Å². The van der Waals surface area contributed by atoms with Crippen molar-refractivity contribution >= 4 is 60.4 Å². The van der Waals surface area contributed by atoms with Gasteiger partial charge in [0.2, 0.25) is 0 Å². The molecule has 1 amide bonds. The summed E-state index contributed by atoms with van der Waals surface area (Å²) in [6.07, 6.45) is 0.959. The average molecular weight is 456 g/mol. The van der Waals surface area contributed by atoms with E-state index in [1.165, 1.54) is 27.0 Å². The van der Waals surface area contributed by atoms with E-state index in [9.17, 15) is 13.2 Å². The summed E-state index contributed by atoms with van der Waals surface area (Å²) in [6, 6.07) is 8.92. The van der Waals surface area contributed by atoms with Crippen LogP contribution in [0.15, 0.2) is 44.9 Å². The van der Waals surface area contributed by atoms with Gasteiger partial charge in [-0.2, -0.15) is 9.30 Å². The van der Waals surface area contributed by atoms with Gasteiger partial charge in [0.05, 0.1) is 10.2 Å². The third-order valence-electron chi connectivity index (χ3n) is 4.87. The number of benzene rings is 1. The van der Waals surface area contributed by atoms with Crippen LogP contribution in [0.1, 0.15) is 12.8 Å². The van der Waals surface area contributed by atoms with Crippen LogP contribution in [0.2, 0.25) is 5.02 Å². The molecule has 148 valence electrons. The summed E-state index contributed by atoms with van der Waals surface area (Å²) in [5, 5.41) is 2.40. The first-order valence-electron chi connectivity index (χ1n) is 8.73. The van der Waals surface area contributed by atoms with Gasteiger partial charge in [0.15, 0.2) is 4.80 Å². The Hall–Kier alpha value is -1.52. The molecule has 6 nitrogen and oxygen atoms in total. The molecule has 1 aliphatic rings. The molecule has 0 N–H and O–H groups in total. The highest BCUT2D eigenvalue weighted by Gasteiger charge is 2.32. The molecule has 10 heteroatoms. The highest BCUT2D eigenvalue weighted by atomic mass is 35.5. The molecule has 3 aromatic rings. The molecular weight excluding hydrogens is 438 g/mol. The number of sulfonamides is 1. The van der Waals surface area contributed by atoms with Crippen LogP contribution in [0.25, 0.3) is 10.2 Å². The lowest BCUT2D eigenvalue weighted by Crippen LogP contribution is -2.40. The molecule has 2 aromatic heterocycles. The zero-order valence-electron chi connectivity index (χ0n) is 15.0. The number of aromatic nitrogens is 1. The topological polar surface area (TPSA) is 71.7 Å². The minimum absolute atomic E-state index is 0.193. The second-order valence-electron chi connectivity index (χ2n) is 6.62. The monoisotopic (exact) mass is 455 g/mol. The quantitative estimate of drug-likeness (QED) is 0.607. The van der Waals surface area contributed by atoms with Crippen molar-refractivity contribution in [3.63, 3.8) is 0 Å². The lowest BCUT2D eigenvalue weighted by molar-refractivity contribution is -0.122. The molecule has 28 heavy (non-hydrogen) atoms. The first-order valence-corrected chi connectivity index (χ1v) is 12.2. The van der Waals surface area contributed by atoms with Gasteiger partial charge in [-0.25, -0.2) is 8.42 Å². The Morgan fingerprint density at radius 1 is 1.25 bits per heavy atom. The molecule has 1 aliphatic heterocycles. The van der Waals surface area contributed by atoms with Crippen molar-refractivity contribution in [2.45, 2.75) is 17.1 Å². The molecule has 3 heterocycles. The number of halogens is 1. The van der Waals surface area contributed by atoms with Crippen molar-refractivity contribution in [2.24, 2.45) is 18.0 Å². The Bertz CT molecular complexity index is 1190. The number of hydrogen-bond donors (Lipinski definition) is 0. The highest BCUT2D eigenvalue weighted by Crippen LogP contribution is 2.27. The second kappa shape index (κ2) is 7.72. The fraction of sp³-hybridized carbons (Fsp3) is 0.333. The SMILES string of the molecule is Cn1c(=NC(=O)C2CCN(S(=O)(=O)c3cccs3)CC2)sc2cc(Cl)ccc21. The van der Waals surface area contributed by atoms with Crippen LogP contribution in [-0.2, 0) is 21.9 Å². The Balaban J connectivity index is 1.50. The predicted octanol–water partition coefficient (Wildman–Crippen LogP) is 3.48. The van der Waals surface area contributed by atoms with Crippen molar-refractivity contribution in [1.29, 1.82) is 0 Å². The standard InChI is InChI=1S/C18H18ClN3O3S3/c1-21-14-5-4-13(19)11-15(14)27-18(21)20-17(23)12-6-8-22(9-7-12)28(24,25)16-3-2-10-26-16/h2-5,10-12H,6-9H2,1H3. The molecule has 0 saturated carbocycles. The van der Waals surface area contributed by atoms with Crippen molar-refractivity contribution in [2.75, 3.05) is 13.1 Å². The van der Waals surface area contributed by atoms with Crippen molar-refractivity contribution in [3.05, 3.63) is 45.5 Å². The number of carbonyl (C=O) groups excluding carboxylic acids is 1. The van der Waals surface area contributed by atoms with E-state index in [-0.39, 0.29) is 11.8 Å². The van der Waals surface area contributed by atoms with Crippen LogP contribution in [0.4, 0.5) is 0 Å². The summed E-state index contributed by atoms with van der Waals surface area (Å²) >= 11 is 8.67. The molecule has 4 rings (SSSR count). The number of piperidine rings is 1. The number of fused-ring (bicyclic) bond motifs is 1. The number of amides is 1. The van der Waals surface area contributed by atoms with E-state index in [0.717, 1.165) is 10.2 Å². The first-order chi connectivity index (χ1) is 13.4. The van der Waals surface area contributed by atoms with E-state index in [1.54, 1.807) is 17.5 Å². The van der Waals surface area contributed by atoms with Gasteiger partial charge in [-0.15, -0.1) is 11.3 Å². The van der Waals surface area contributed by atoms with Crippen molar-refractivity contribution < 1.29 is 13.2 Å². The van der Waals surface area contributed by atoms with E-state index in [2.05, 4.69) is 4.99 Å². The molecule has 1 fully saturated rings. The lowest BCUT2D eigenvalue weighted by atomic mass is 9.98. The van der Waals surface area contributed by atoms with Gasteiger partial charge in [0.1, 0.15) is 4.21 Å². The van der Waals surface area contributed by atoms with E-state index < -0.39 is 10.0 Å². The smallest absolute Gasteiger partial charge is 0.252 e. The second-order valence-corrected chi connectivity index (χ2v) is 11.2. The Labute approximate surface area is 175 Å². The normalized spacial score (nSPS) is 17.4. The van der Waals surface area contributed by atoms with E-state index in [4.69, 9.17) is 11.6 Å². The zero-order valence-corrected chi connectivity index (χ0v) is 18.2. The fourth-order valence-corrected chi connectivity index (χ4v) is 7.19. The Morgan fingerprint density at radius 2 is 2.00 bits per heavy atom. The fourth-order valence-electron chi connectivity index (χ4n) is 3.28. The summed E-state index contributed by atoms with van der Waals surface area (Å²) in [4.78, 5) is 17.6. The first kappa shape index (κ1) is 19.8. The summed E-state index contributed by atoms with van der Waals surface area (Å²) in [5.41, 5.74) is 0.970. The van der Waals surface area contributed by atoms with Gasteiger partial charge in [0.25, 0.3) is 15.9 Å². The van der Waals surface area contributed by atoms with Gasteiger partial charge < -0.3 is 4.57 Å². The maximum atomic E-state index is 12.7. The van der Waals surface area contributed by atoms with E-state index in [0.29, 0.717) is 40.0 Å². The Morgan fingerprint density at radius 3 is 2.68 bits per heavy atom. The average Bonchev–Trinajstić information content (AvgIpc) is 3.31. The summed E-state index contributed by atoms with van der Waals surface area (Å²) in [6.45, 7) is 0.667. The number of carbonyl (C=O) groups is 1. The van der Waals surface area contributed by atoms with Crippen LogP contribution in [0.5, 0.6) is 0 Å². The molecule has 0 unspecified atom stereocenters. The third kappa shape index (κ3) is 3.69. The number of hydrogen-bond acceptors (Lipinski definition) is 5. The molecular formula is C18H18ClN3O3S3. The van der Waals surface area contributed by atoms with Crippen molar-refractivity contribution in [3.8, 4) is 0 Å². The van der Waals surface area contributed by atoms with Gasteiger partial charge in [-0.3, -0.25) is 4.79 Å². The van der Waals surface area contributed by atoms with Crippen LogP contribution in [0, 0.1) is 5.92 Å². The number of thiazole rings is 1. The Kier molecular flexibility index (Phi) is 5.45. The number of rotatable bonds is 3. The van der Waals surface area contributed by atoms with Crippen molar-refractivity contribution in [1.82, 2.24) is 8.87 Å². The number of thiophene rings is 1. The summed E-state index contributed by atoms with van der Waals surface area (Å²) < 4.78 is 29.9. The molecule has 1 aromatic carbocycles. The largest absolute Gasteiger partial charge is 0.319 e. The maximum absolute atomic E-state index is 12.7. The predicted molar refractivity (Wildman–Crippen MR) is 112 cm³/mol. The van der Waals surface area contributed by atoms with E-state index in [1.807, 2.05) is 29.8 Å². The minimum Gasteiger partial charge on any atom is -0.319 e. The van der Waals surface area contributed by atoms with Gasteiger partial charge in [0, 0.05) is 31.1 Å². The number of nitrogens with zero attached hydrogens (tertiary/aromatic N) is 3. The maximum Gasteiger partial charge on any atom is 0.252 e. The summed E-state index contributed by atoms with van der Waals surface area (Å²) in [7, 11) is -1.59. The molecule has 0 spiro atoms. The zero-order chi connectivity index (χ0) is 19.9. The van der Waals surface area contributed by atoms with Crippen LogP contribution in [0.3, 0.4) is 0 Å².